The summed E-state index contributed by atoms with van der Waals surface area (Å²) < 4.78 is 0. The molecule has 1 unspecified atom stereocenters. The van der Waals surface area contributed by atoms with Gasteiger partial charge in [-0.3, -0.25) is 0 Å². The van der Waals surface area contributed by atoms with E-state index in [-0.39, 0.29) is 6.04 Å². The Bertz CT molecular complexity index is 555. The predicted molar refractivity (Wildman–Crippen MR) is 74.7 cm³/mol. The number of rotatable bonds is 4. The van der Waals surface area contributed by atoms with Crippen molar-refractivity contribution < 1.29 is 0 Å². The van der Waals surface area contributed by atoms with Crippen molar-refractivity contribution in [2.24, 2.45) is 0 Å². The first-order valence-electron chi connectivity index (χ1n) is 5.91. The Morgan fingerprint density at radius 1 is 1.50 bits per heavy atom. The highest BCUT2D eigenvalue weighted by atomic mass is 32.1. The molecule has 92 valence electrons. The second-order valence-electron chi connectivity index (χ2n) is 4.14. The van der Waals surface area contributed by atoms with E-state index in [2.05, 4.69) is 23.3 Å². The number of hydrogen-bond donors (Lipinski definition) is 1. The summed E-state index contributed by atoms with van der Waals surface area (Å²) in [6.45, 7) is 4.14. The summed E-state index contributed by atoms with van der Waals surface area (Å²) in [6.07, 6.45) is 2.75. The summed E-state index contributed by atoms with van der Waals surface area (Å²) in [5.41, 5.74) is 2.71. The molecule has 0 fully saturated rings. The summed E-state index contributed by atoms with van der Waals surface area (Å²) in [6, 6.07) is 8.20. The van der Waals surface area contributed by atoms with Crippen molar-refractivity contribution in [3.05, 3.63) is 45.9 Å². The molecule has 1 heterocycles. The molecule has 0 amide bonds. The van der Waals surface area contributed by atoms with Gasteiger partial charge in [-0.2, -0.15) is 5.26 Å². The van der Waals surface area contributed by atoms with E-state index >= 15 is 0 Å². The lowest BCUT2D eigenvalue weighted by Crippen LogP contribution is -2.10. The fourth-order valence-corrected chi connectivity index (χ4v) is 2.58. The molecule has 1 aromatic heterocycles. The SMILES string of the molecule is CCC(Nc1cc(C)ccc1C#N)c1nccs1. The maximum Gasteiger partial charge on any atom is 0.115 e. The number of anilines is 1. The Balaban J connectivity index is 2.27. The molecule has 1 atom stereocenters. The van der Waals surface area contributed by atoms with Crippen LogP contribution in [-0.2, 0) is 0 Å². The van der Waals surface area contributed by atoms with Crippen molar-refractivity contribution in [2.75, 3.05) is 5.32 Å². The number of nitrogens with one attached hydrogen (secondary N) is 1. The molecule has 2 aromatic rings. The summed E-state index contributed by atoms with van der Waals surface area (Å²) in [5, 5.41) is 15.6. The third kappa shape index (κ3) is 2.69. The van der Waals surface area contributed by atoms with E-state index in [0.29, 0.717) is 5.56 Å². The number of benzene rings is 1. The number of aromatic nitrogens is 1. The summed E-state index contributed by atoms with van der Waals surface area (Å²) >= 11 is 1.64. The van der Waals surface area contributed by atoms with Crippen LogP contribution in [0.15, 0.2) is 29.8 Å². The zero-order chi connectivity index (χ0) is 13.0. The molecule has 2 rings (SSSR count). The zero-order valence-corrected chi connectivity index (χ0v) is 11.3. The van der Waals surface area contributed by atoms with Crippen LogP contribution >= 0.6 is 11.3 Å². The standard InChI is InChI=1S/C14H15N3S/c1-3-12(14-16-6-7-18-14)17-13-8-10(2)4-5-11(13)9-15/h4-8,12,17H,3H2,1-2H3. The minimum atomic E-state index is 0.166. The quantitative estimate of drug-likeness (QED) is 0.904. The molecule has 0 saturated carbocycles. The van der Waals surface area contributed by atoms with Gasteiger partial charge in [0.1, 0.15) is 11.1 Å². The molecule has 0 aliphatic heterocycles. The van der Waals surface area contributed by atoms with Gasteiger partial charge in [-0.1, -0.05) is 13.0 Å². The predicted octanol–water partition coefficient (Wildman–Crippen LogP) is 3.89. The molecule has 0 radical (unpaired) electrons. The summed E-state index contributed by atoms with van der Waals surface area (Å²) in [4.78, 5) is 4.33. The molecule has 0 saturated heterocycles. The van der Waals surface area contributed by atoms with Crippen LogP contribution in [0.1, 0.15) is 35.5 Å². The van der Waals surface area contributed by atoms with E-state index in [1.165, 1.54) is 0 Å². The Labute approximate surface area is 111 Å². The lowest BCUT2D eigenvalue weighted by atomic mass is 10.1. The molecule has 3 nitrogen and oxygen atoms in total. The van der Waals surface area contributed by atoms with E-state index < -0.39 is 0 Å². The first kappa shape index (κ1) is 12.6. The van der Waals surface area contributed by atoms with Gasteiger partial charge in [0, 0.05) is 11.6 Å². The van der Waals surface area contributed by atoms with Gasteiger partial charge >= 0.3 is 0 Å². The smallest absolute Gasteiger partial charge is 0.115 e. The highest BCUT2D eigenvalue weighted by molar-refractivity contribution is 7.09. The van der Waals surface area contributed by atoms with Crippen LogP contribution in [0.2, 0.25) is 0 Å². The number of hydrogen-bond acceptors (Lipinski definition) is 4. The lowest BCUT2D eigenvalue weighted by Gasteiger charge is -2.17. The van der Waals surface area contributed by atoms with Gasteiger partial charge in [0.25, 0.3) is 0 Å². The number of nitriles is 1. The first-order chi connectivity index (χ1) is 8.74. The van der Waals surface area contributed by atoms with Crippen LogP contribution in [0.4, 0.5) is 5.69 Å². The molecule has 0 bridgehead atoms. The third-order valence-corrected chi connectivity index (χ3v) is 3.67. The van der Waals surface area contributed by atoms with E-state index in [4.69, 9.17) is 5.26 Å². The largest absolute Gasteiger partial charge is 0.375 e. The Morgan fingerprint density at radius 2 is 2.33 bits per heavy atom. The monoisotopic (exact) mass is 257 g/mol. The topological polar surface area (TPSA) is 48.7 Å². The second kappa shape index (κ2) is 5.65. The van der Waals surface area contributed by atoms with Gasteiger partial charge < -0.3 is 5.32 Å². The Kier molecular flexibility index (Phi) is 3.96. The molecule has 0 aliphatic carbocycles. The minimum absolute atomic E-state index is 0.166. The summed E-state index contributed by atoms with van der Waals surface area (Å²) in [7, 11) is 0. The highest BCUT2D eigenvalue weighted by Crippen LogP contribution is 2.26. The highest BCUT2D eigenvalue weighted by Gasteiger charge is 2.13. The van der Waals surface area contributed by atoms with Gasteiger partial charge in [0.05, 0.1) is 17.3 Å². The van der Waals surface area contributed by atoms with E-state index in [0.717, 1.165) is 22.7 Å². The van der Waals surface area contributed by atoms with E-state index in [1.54, 1.807) is 11.3 Å². The van der Waals surface area contributed by atoms with E-state index in [9.17, 15) is 0 Å². The Morgan fingerprint density at radius 3 is 2.94 bits per heavy atom. The van der Waals surface area contributed by atoms with E-state index in [1.807, 2.05) is 36.7 Å². The molecule has 0 aliphatic rings. The maximum absolute atomic E-state index is 9.12. The fourth-order valence-electron chi connectivity index (χ4n) is 1.81. The molecule has 1 aromatic carbocycles. The normalized spacial score (nSPS) is 11.8. The Hall–Kier alpha value is -1.86. The van der Waals surface area contributed by atoms with Crippen LogP contribution in [0, 0.1) is 18.3 Å². The molecular formula is C14H15N3S. The van der Waals surface area contributed by atoms with Gasteiger partial charge in [0.2, 0.25) is 0 Å². The second-order valence-corrected chi connectivity index (χ2v) is 5.06. The van der Waals surface area contributed by atoms with Crippen LogP contribution in [0.3, 0.4) is 0 Å². The van der Waals surface area contributed by atoms with Gasteiger partial charge in [-0.15, -0.1) is 11.3 Å². The van der Waals surface area contributed by atoms with Crippen molar-refractivity contribution in [3.8, 4) is 6.07 Å². The number of nitrogens with zero attached hydrogens (tertiary/aromatic N) is 2. The van der Waals surface area contributed by atoms with Gasteiger partial charge in [-0.25, -0.2) is 4.98 Å². The molecule has 18 heavy (non-hydrogen) atoms. The molecule has 1 N–H and O–H groups in total. The molecular weight excluding hydrogens is 242 g/mol. The minimum Gasteiger partial charge on any atom is -0.375 e. The van der Waals surface area contributed by atoms with Crippen molar-refractivity contribution in [1.29, 1.82) is 5.26 Å². The fraction of sp³-hybridized carbons (Fsp3) is 0.286. The first-order valence-corrected chi connectivity index (χ1v) is 6.79. The molecule has 0 spiro atoms. The lowest BCUT2D eigenvalue weighted by molar-refractivity contribution is 0.741. The van der Waals surface area contributed by atoms with Crippen LogP contribution in [0.25, 0.3) is 0 Å². The average molecular weight is 257 g/mol. The zero-order valence-electron chi connectivity index (χ0n) is 10.5. The van der Waals surface area contributed by atoms with Crippen molar-refractivity contribution in [3.63, 3.8) is 0 Å². The maximum atomic E-state index is 9.12. The van der Waals surface area contributed by atoms with Gasteiger partial charge in [-0.05, 0) is 31.0 Å². The average Bonchev–Trinajstić information content (AvgIpc) is 2.90. The summed E-state index contributed by atoms with van der Waals surface area (Å²) in [5.74, 6) is 0. The van der Waals surface area contributed by atoms with Crippen LogP contribution in [-0.4, -0.2) is 4.98 Å². The van der Waals surface area contributed by atoms with Crippen molar-refractivity contribution in [2.45, 2.75) is 26.3 Å². The number of thiazole rings is 1. The van der Waals surface area contributed by atoms with Crippen molar-refractivity contribution >= 4 is 17.0 Å². The third-order valence-electron chi connectivity index (χ3n) is 2.78. The van der Waals surface area contributed by atoms with Gasteiger partial charge in [0.15, 0.2) is 0 Å². The molecule has 4 heteroatoms. The van der Waals surface area contributed by atoms with Crippen molar-refractivity contribution in [1.82, 2.24) is 4.98 Å². The van der Waals surface area contributed by atoms with Crippen LogP contribution in [0.5, 0.6) is 0 Å². The van der Waals surface area contributed by atoms with Crippen LogP contribution < -0.4 is 5.32 Å². The number of aryl methyl sites for hydroxylation is 1.